The topological polar surface area (TPSA) is 88.2 Å². The van der Waals surface area contributed by atoms with Crippen LogP contribution in [0.4, 0.5) is 0 Å². The first-order valence-corrected chi connectivity index (χ1v) is 10.3. The number of nitrogens with zero attached hydrogens (tertiary/aromatic N) is 6. The third-order valence-electron chi connectivity index (χ3n) is 5.42. The van der Waals surface area contributed by atoms with Crippen molar-refractivity contribution in [2.75, 3.05) is 13.1 Å². The Morgan fingerprint density at radius 2 is 2.18 bits per heavy atom. The molecule has 144 valence electrons. The van der Waals surface area contributed by atoms with Gasteiger partial charge in [-0.2, -0.15) is 0 Å². The summed E-state index contributed by atoms with van der Waals surface area (Å²) >= 11 is 1.57. The zero-order chi connectivity index (χ0) is 18.9. The number of carbonyl (C=O) groups is 1. The van der Waals surface area contributed by atoms with Crippen molar-refractivity contribution in [2.24, 2.45) is 5.92 Å². The van der Waals surface area contributed by atoms with Gasteiger partial charge in [-0.05, 0) is 25.0 Å². The van der Waals surface area contributed by atoms with E-state index in [4.69, 9.17) is 4.42 Å². The smallest absolute Gasteiger partial charge is 0.249 e. The van der Waals surface area contributed by atoms with Crippen LogP contribution < -0.4 is 0 Å². The van der Waals surface area contributed by atoms with Crippen LogP contribution in [0.25, 0.3) is 11.5 Å². The van der Waals surface area contributed by atoms with Crippen molar-refractivity contribution >= 4 is 17.2 Å². The Morgan fingerprint density at radius 3 is 3.00 bits per heavy atom. The van der Waals surface area contributed by atoms with Crippen LogP contribution in [0, 0.1) is 5.92 Å². The lowest BCUT2D eigenvalue weighted by molar-refractivity contribution is -0.140. The Kier molecular flexibility index (Phi) is 4.61. The molecule has 1 amide bonds. The van der Waals surface area contributed by atoms with Gasteiger partial charge in [0.2, 0.25) is 17.7 Å². The van der Waals surface area contributed by atoms with Crippen molar-refractivity contribution in [3.8, 4) is 11.5 Å². The molecule has 28 heavy (non-hydrogen) atoms. The summed E-state index contributed by atoms with van der Waals surface area (Å²) in [5.41, 5.74) is 3.59. The first-order valence-electron chi connectivity index (χ1n) is 9.39. The molecular weight excluding hydrogens is 376 g/mol. The molecule has 0 spiro atoms. The van der Waals surface area contributed by atoms with Crippen molar-refractivity contribution in [3.05, 3.63) is 47.0 Å². The van der Waals surface area contributed by atoms with Gasteiger partial charge in [-0.1, -0.05) is 0 Å². The van der Waals surface area contributed by atoms with Gasteiger partial charge in [-0.3, -0.25) is 14.7 Å². The molecule has 3 aliphatic heterocycles. The average molecular weight is 396 g/mol. The standard InChI is InChI=1S/C19H20N6O2S/c26-19-14-3-4-16(25(19)8-15-11-28-12-21-15)9-24(7-14)10-17-22-23-18(27-17)13-2-1-5-20-6-13/h1-2,5-6,11-12,14,16H,3-4,7-10H2/t14-,16+/m0/s1. The normalized spacial score (nSPS) is 22.6. The quantitative estimate of drug-likeness (QED) is 0.653. The predicted octanol–water partition coefficient (Wildman–Crippen LogP) is 2.21. The summed E-state index contributed by atoms with van der Waals surface area (Å²) < 4.78 is 5.83. The van der Waals surface area contributed by atoms with E-state index in [0.29, 0.717) is 24.9 Å². The van der Waals surface area contributed by atoms with E-state index in [1.54, 1.807) is 23.7 Å². The summed E-state index contributed by atoms with van der Waals surface area (Å²) in [6.07, 6.45) is 5.39. The maximum Gasteiger partial charge on any atom is 0.249 e. The highest BCUT2D eigenvalue weighted by atomic mass is 32.1. The summed E-state index contributed by atoms with van der Waals surface area (Å²) in [7, 11) is 0. The molecule has 3 fully saturated rings. The zero-order valence-electron chi connectivity index (χ0n) is 15.3. The molecule has 2 bridgehead atoms. The second-order valence-corrected chi connectivity index (χ2v) is 8.03. The van der Waals surface area contributed by atoms with E-state index in [1.165, 1.54) is 0 Å². The van der Waals surface area contributed by atoms with Crippen LogP contribution in [0.3, 0.4) is 0 Å². The summed E-state index contributed by atoms with van der Waals surface area (Å²) in [6.45, 7) is 2.70. The van der Waals surface area contributed by atoms with Crippen molar-refractivity contribution in [1.29, 1.82) is 0 Å². The first kappa shape index (κ1) is 17.4. The first-order chi connectivity index (χ1) is 13.8. The summed E-state index contributed by atoms with van der Waals surface area (Å²) in [4.78, 5) is 25.7. The van der Waals surface area contributed by atoms with Gasteiger partial charge in [0.05, 0.1) is 35.8 Å². The molecule has 0 N–H and O–H groups in total. The van der Waals surface area contributed by atoms with E-state index >= 15 is 0 Å². The Balaban J connectivity index is 1.30. The third kappa shape index (κ3) is 3.43. The van der Waals surface area contributed by atoms with E-state index < -0.39 is 0 Å². The number of amides is 1. The van der Waals surface area contributed by atoms with Gasteiger partial charge in [-0.15, -0.1) is 21.5 Å². The molecule has 0 unspecified atom stereocenters. The summed E-state index contributed by atoms with van der Waals surface area (Å²) in [6, 6.07) is 3.94. The fraction of sp³-hybridized carbons (Fsp3) is 0.421. The molecule has 6 rings (SSSR count). The van der Waals surface area contributed by atoms with Gasteiger partial charge < -0.3 is 9.32 Å². The van der Waals surface area contributed by atoms with E-state index in [-0.39, 0.29) is 17.9 Å². The average Bonchev–Trinajstić information content (AvgIpc) is 3.33. The van der Waals surface area contributed by atoms with E-state index in [9.17, 15) is 4.79 Å². The molecule has 3 aliphatic rings. The van der Waals surface area contributed by atoms with Crippen molar-refractivity contribution in [3.63, 3.8) is 0 Å². The SMILES string of the molecule is O=C1[C@H]2CC[C@H](CN(Cc3nnc(-c4cccnc4)o3)C2)N1Cc1cscn1. The van der Waals surface area contributed by atoms with Crippen molar-refractivity contribution in [2.45, 2.75) is 32.0 Å². The number of rotatable bonds is 5. The lowest BCUT2D eigenvalue weighted by Gasteiger charge is -2.35. The largest absolute Gasteiger partial charge is 0.419 e. The number of thiazole rings is 1. The molecule has 6 heterocycles. The second-order valence-electron chi connectivity index (χ2n) is 7.31. The Bertz CT molecular complexity index is 945. The molecule has 0 aliphatic carbocycles. The van der Waals surface area contributed by atoms with Crippen LogP contribution in [0.1, 0.15) is 24.4 Å². The second kappa shape index (κ2) is 7.40. The Labute approximate surface area is 166 Å². The van der Waals surface area contributed by atoms with Crippen LogP contribution in [0.5, 0.6) is 0 Å². The Morgan fingerprint density at radius 1 is 1.21 bits per heavy atom. The highest BCUT2D eigenvalue weighted by Crippen LogP contribution is 2.31. The lowest BCUT2D eigenvalue weighted by Crippen LogP contribution is -2.47. The van der Waals surface area contributed by atoms with Gasteiger partial charge >= 0.3 is 0 Å². The monoisotopic (exact) mass is 396 g/mol. The zero-order valence-corrected chi connectivity index (χ0v) is 16.1. The lowest BCUT2D eigenvalue weighted by atomic mass is 9.94. The van der Waals surface area contributed by atoms with Crippen LogP contribution in [0.2, 0.25) is 0 Å². The van der Waals surface area contributed by atoms with Gasteiger partial charge in [0.25, 0.3) is 0 Å². The van der Waals surface area contributed by atoms with Crippen LogP contribution in [0.15, 0.2) is 39.8 Å². The molecule has 3 aromatic rings. The number of piperidine rings is 1. The van der Waals surface area contributed by atoms with Gasteiger partial charge in [0.15, 0.2) is 0 Å². The molecule has 9 heteroatoms. The minimum absolute atomic E-state index is 0.0260. The molecule has 3 saturated heterocycles. The number of aromatic nitrogens is 4. The Hall–Kier alpha value is -2.65. The van der Waals surface area contributed by atoms with Gasteiger partial charge in [-0.25, -0.2) is 4.98 Å². The molecule has 0 saturated carbocycles. The maximum atomic E-state index is 12.9. The van der Waals surface area contributed by atoms with Crippen LogP contribution in [-0.4, -0.2) is 55.0 Å². The number of pyridine rings is 1. The van der Waals surface area contributed by atoms with Crippen molar-refractivity contribution < 1.29 is 9.21 Å². The maximum absolute atomic E-state index is 12.9. The van der Waals surface area contributed by atoms with Crippen molar-refractivity contribution in [1.82, 2.24) is 30.0 Å². The summed E-state index contributed by atoms with van der Waals surface area (Å²) in [5, 5.41) is 10.4. The van der Waals surface area contributed by atoms with E-state index in [0.717, 1.165) is 37.2 Å². The molecule has 3 aromatic heterocycles. The minimum atomic E-state index is 0.0260. The van der Waals surface area contributed by atoms with Crippen LogP contribution in [-0.2, 0) is 17.9 Å². The molecule has 8 nitrogen and oxygen atoms in total. The number of fused-ring (bicyclic) bond motifs is 4. The number of hydrogen-bond acceptors (Lipinski definition) is 8. The third-order valence-corrected chi connectivity index (χ3v) is 6.05. The van der Waals surface area contributed by atoms with Crippen LogP contribution >= 0.6 is 11.3 Å². The highest BCUT2D eigenvalue weighted by Gasteiger charge is 2.41. The van der Waals surface area contributed by atoms with E-state index in [1.807, 2.05) is 27.9 Å². The van der Waals surface area contributed by atoms with Gasteiger partial charge in [0, 0.05) is 36.9 Å². The molecule has 2 atom stereocenters. The minimum Gasteiger partial charge on any atom is -0.419 e. The summed E-state index contributed by atoms with van der Waals surface area (Å²) in [5.74, 6) is 1.31. The molecule has 0 radical (unpaired) electrons. The fourth-order valence-electron chi connectivity index (χ4n) is 4.07. The molecule has 0 aromatic carbocycles. The highest BCUT2D eigenvalue weighted by molar-refractivity contribution is 7.07. The number of carbonyl (C=O) groups excluding carboxylic acids is 1. The predicted molar refractivity (Wildman–Crippen MR) is 102 cm³/mol. The number of hydrogen-bond donors (Lipinski definition) is 0. The fourth-order valence-corrected chi connectivity index (χ4v) is 4.62. The van der Waals surface area contributed by atoms with E-state index in [2.05, 4.69) is 25.1 Å². The van der Waals surface area contributed by atoms with Gasteiger partial charge in [0.1, 0.15) is 0 Å². The molecular formula is C19H20N6O2S.